The summed E-state index contributed by atoms with van der Waals surface area (Å²) in [6.07, 6.45) is 2.20. The van der Waals surface area contributed by atoms with E-state index in [4.69, 9.17) is 21.4 Å². The SMILES string of the molecule is CC(C)COc1ncc(C(=O)NC2(C(=O)O)CC2)cc1Cl. The second-order valence-corrected chi connectivity index (χ2v) is 5.96. The lowest BCUT2D eigenvalue weighted by Gasteiger charge is -2.13. The van der Waals surface area contributed by atoms with E-state index in [0.717, 1.165) is 0 Å². The van der Waals surface area contributed by atoms with E-state index < -0.39 is 17.4 Å². The van der Waals surface area contributed by atoms with Crippen molar-refractivity contribution >= 4 is 23.5 Å². The average Bonchev–Trinajstić information content (AvgIpc) is 3.18. The number of aromatic nitrogens is 1. The highest BCUT2D eigenvalue weighted by Gasteiger charge is 2.51. The molecular weight excluding hydrogens is 296 g/mol. The van der Waals surface area contributed by atoms with Crippen LogP contribution in [0.4, 0.5) is 0 Å². The molecule has 1 heterocycles. The highest BCUT2D eigenvalue weighted by atomic mass is 35.5. The Balaban J connectivity index is 2.06. The van der Waals surface area contributed by atoms with E-state index >= 15 is 0 Å². The summed E-state index contributed by atoms with van der Waals surface area (Å²) in [6.45, 7) is 4.47. The molecule has 1 aliphatic carbocycles. The number of carbonyl (C=O) groups is 2. The normalized spacial score (nSPS) is 15.6. The first kappa shape index (κ1) is 15.6. The van der Waals surface area contributed by atoms with Crippen molar-refractivity contribution in [3.8, 4) is 5.88 Å². The minimum Gasteiger partial charge on any atom is -0.480 e. The van der Waals surface area contributed by atoms with Crippen molar-refractivity contribution < 1.29 is 19.4 Å². The van der Waals surface area contributed by atoms with Gasteiger partial charge in [-0.15, -0.1) is 0 Å². The molecule has 1 aliphatic rings. The highest BCUT2D eigenvalue weighted by molar-refractivity contribution is 6.32. The van der Waals surface area contributed by atoms with E-state index in [9.17, 15) is 9.59 Å². The van der Waals surface area contributed by atoms with Crippen LogP contribution in [-0.4, -0.2) is 34.1 Å². The van der Waals surface area contributed by atoms with E-state index in [2.05, 4.69) is 10.3 Å². The van der Waals surface area contributed by atoms with Crippen molar-refractivity contribution in [3.05, 3.63) is 22.8 Å². The van der Waals surface area contributed by atoms with Gasteiger partial charge in [0.2, 0.25) is 5.88 Å². The summed E-state index contributed by atoms with van der Waals surface area (Å²) in [5.41, 5.74) is -0.916. The maximum absolute atomic E-state index is 12.0. The fourth-order valence-electron chi connectivity index (χ4n) is 1.71. The van der Waals surface area contributed by atoms with Crippen LogP contribution in [0.3, 0.4) is 0 Å². The average molecular weight is 313 g/mol. The lowest BCUT2D eigenvalue weighted by atomic mass is 10.2. The third kappa shape index (κ3) is 3.64. The van der Waals surface area contributed by atoms with Gasteiger partial charge in [-0.3, -0.25) is 4.79 Å². The fraction of sp³-hybridized carbons (Fsp3) is 0.500. The number of halogens is 1. The molecule has 1 aromatic rings. The minimum absolute atomic E-state index is 0.212. The molecule has 1 saturated carbocycles. The highest BCUT2D eigenvalue weighted by Crippen LogP contribution is 2.36. The Kier molecular flexibility index (Phi) is 4.37. The minimum atomic E-state index is -1.13. The first-order valence-corrected chi connectivity index (χ1v) is 7.06. The largest absolute Gasteiger partial charge is 0.480 e. The second kappa shape index (κ2) is 5.89. The maximum atomic E-state index is 12.0. The molecule has 6 nitrogen and oxygen atoms in total. The number of hydrogen-bond donors (Lipinski definition) is 2. The summed E-state index contributed by atoms with van der Waals surface area (Å²) in [7, 11) is 0. The van der Waals surface area contributed by atoms with Gasteiger partial charge < -0.3 is 15.2 Å². The molecular formula is C14H17ClN2O4. The Morgan fingerprint density at radius 1 is 1.52 bits per heavy atom. The van der Waals surface area contributed by atoms with Crippen LogP contribution < -0.4 is 10.1 Å². The molecule has 2 rings (SSSR count). The van der Waals surface area contributed by atoms with Gasteiger partial charge in [0.05, 0.1) is 12.2 Å². The van der Waals surface area contributed by atoms with E-state index in [0.29, 0.717) is 25.4 Å². The predicted molar refractivity (Wildman–Crippen MR) is 76.6 cm³/mol. The van der Waals surface area contributed by atoms with E-state index in [1.165, 1.54) is 12.3 Å². The number of nitrogens with one attached hydrogen (secondary N) is 1. The number of hydrogen-bond acceptors (Lipinski definition) is 4. The zero-order valence-electron chi connectivity index (χ0n) is 11.9. The predicted octanol–water partition coefficient (Wildman–Crippen LogP) is 2.12. The molecule has 1 amide bonds. The van der Waals surface area contributed by atoms with Crippen LogP contribution >= 0.6 is 11.6 Å². The van der Waals surface area contributed by atoms with Crippen molar-refractivity contribution in [2.45, 2.75) is 32.2 Å². The third-order valence-corrected chi connectivity index (χ3v) is 3.41. The van der Waals surface area contributed by atoms with Crippen LogP contribution in [0.2, 0.25) is 5.02 Å². The standard InChI is InChI=1S/C14H17ClN2O4/c1-8(2)7-21-12-10(15)5-9(6-16-12)11(18)17-14(3-4-14)13(19)20/h5-6,8H,3-4,7H2,1-2H3,(H,17,18)(H,19,20). The number of rotatable bonds is 6. The van der Waals surface area contributed by atoms with Gasteiger partial charge in [0.1, 0.15) is 10.6 Å². The van der Waals surface area contributed by atoms with Crippen LogP contribution in [0.1, 0.15) is 37.0 Å². The summed E-state index contributed by atoms with van der Waals surface area (Å²) in [4.78, 5) is 27.1. The fourth-order valence-corrected chi connectivity index (χ4v) is 1.93. The number of carboxylic acids is 1. The monoisotopic (exact) mass is 312 g/mol. The zero-order valence-corrected chi connectivity index (χ0v) is 12.6. The van der Waals surface area contributed by atoms with E-state index in [-0.39, 0.29) is 16.5 Å². The van der Waals surface area contributed by atoms with E-state index in [1.807, 2.05) is 13.8 Å². The molecule has 0 saturated heterocycles. The molecule has 1 aromatic heterocycles. The van der Waals surface area contributed by atoms with Crippen molar-refractivity contribution in [1.29, 1.82) is 0 Å². The number of amides is 1. The molecule has 0 aromatic carbocycles. The summed E-state index contributed by atoms with van der Waals surface area (Å²) in [5, 5.41) is 11.8. The van der Waals surface area contributed by atoms with Crippen LogP contribution in [0.25, 0.3) is 0 Å². The topological polar surface area (TPSA) is 88.5 Å². The summed E-state index contributed by atoms with van der Waals surface area (Å²) in [6, 6.07) is 1.43. The number of aliphatic carboxylic acids is 1. The van der Waals surface area contributed by atoms with Gasteiger partial charge in [-0.25, -0.2) is 9.78 Å². The Morgan fingerprint density at radius 3 is 2.67 bits per heavy atom. The molecule has 0 atom stereocenters. The third-order valence-electron chi connectivity index (χ3n) is 3.14. The van der Waals surface area contributed by atoms with Gasteiger partial charge in [0.15, 0.2) is 0 Å². The number of nitrogens with zero attached hydrogens (tertiary/aromatic N) is 1. The van der Waals surface area contributed by atoms with E-state index in [1.54, 1.807) is 0 Å². The molecule has 21 heavy (non-hydrogen) atoms. The Hall–Kier alpha value is -1.82. The number of pyridine rings is 1. The Morgan fingerprint density at radius 2 is 2.19 bits per heavy atom. The first-order chi connectivity index (χ1) is 9.84. The smallest absolute Gasteiger partial charge is 0.329 e. The van der Waals surface area contributed by atoms with Crippen LogP contribution in [0.5, 0.6) is 5.88 Å². The number of ether oxygens (including phenoxy) is 1. The molecule has 0 bridgehead atoms. The first-order valence-electron chi connectivity index (χ1n) is 6.68. The Bertz CT molecular complexity index is 570. The molecule has 0 spiro atoms. The van der Waals surface area contributed by atoms with Gasteiger partial charge in [-0.1, -0.05) is 25.4 Å². The lowest BCUT2D eigenvalue weighted by molar-refractivity contribution is -0.140. The van der Waals surface area contributed by atoms with Crippen molar-refractivity contribution in [2.75, 3.05) is 6.61 Å². The van der Waals surface area contributed by atoms with Gasteiger partial charge in [-0.2, -0.15) is 0 Å². The second-order valence-electron chi connectivity index (χ2n) is 5.56. The van der Waals surface area contributed by atoms with Crippen molar-refractivity contribution in [2.24, 2.45) is 5.92 Å². The number of carboxylic acid groups (broad SMARTS) is 1. The van der Waals surface area contributed by atoms with Crippen molar-refractivity contribution in [1.82, 2.24) is 10.3 Å². The number of carbonyl (C=O) groups excluding carboxylic acids is 1. The summed E-state index contributed by atoms with van der Waals surface area (Å²) < 4.78 is 5.42. The van der Waals surface area contributed by atoms with Crippen molar-refractivity contribution in [3.63, 3.8) is 0 Å². The molecule has 0 radical (unpaired) electrons. The van der Waals surface area contributed by atoms with Gasteiger partial charge in [0.25, 0.3) is 5.91 Å². The molecule has 0 unspecified atom stereocenters. The Labute approximate surface area is 127 Å². The van der Waals surface area contributed by atoms with Gasteiger partial charge in [0, 0.05) is 6.20 Å². The van der Waals surface area contributed by atoms with Crippen LogP contribution in [-0.2, 0) is 4.79 Å². The lowest BCUT2D eigenvalue weighted by Crippen LogP contribution is -2.43. The zero-order chi connectivity index (χ0) is 15.6. The maximum Gasteiger partial charge on any atom is 0.329 e. The molecule has 2 N–H and O–H groups in total. The van der Waals surface area contributed by atoms with Gasteiger partial charge in [-0.05, 0) is 24.8 Å². The molecule has 1 fully saturated rings. The summed E-state index contributed by atoms with van der Waals surface area (Å²) in [5.74, 6) is -0.927. The van der Waals surface area contributed by atoms with Gasteiger partial charge >= 0.3 is 5.97 Å². The quantitative estimate of drug-likeness (QED) is 0.840. The van der Waals surface area contributed by atoms with Crippen LogP contribution in [0.15, 0.2) is 12.3 Å². The molecule has 114 valence electrons. The molecule has 7 heteroatoms. The van der Waals surface area contributed by atoms with Crippen LogP contribution in [0, 0.1) is 5.92 Å². The molecule has 0 aliphatic heterocycles. The summed E-state index contributed by atoms with van der Waals surface area (Å²) >= 11 is 6.02.